The first-order valence-electron chi connectivity index (χ1n) is 8.13. The van der Waals surface area contributed by atoms with E-state index in [0.29, 0.717) is 27.8 Å². The number of anilines is 1. The molecule has 26 heavy (non-hydrogen) atoms. The number of carbonyl (C=O) groups is 1. The Hall–Kier alpha value is -3.54. The summed E-state index contributed by atoms with van der Waals surface area (Å²) in [5.41, 5.74) is 2.36. The zero-order valence-corrected chi connectivity index (χ0v) is 14.0. The van der Waals surface area contributed by atoms with Crippen LogP contribution in [0, 0.1) is 6.92 Å². The van der Waals surface area contributed by atoms with Crippen LogP contribution in [-0.2, 0) is 11.2 Å². The molecule has 6 heteroatoms. The molecule has 0 unspecified atom stereocenters. The van der Waals surface area contributed by atoms with Gasteiger partial charge in [-0.2, -0.15) is 0 Å². The number of aromatic hydroxyl groups is 1. The predicted octanol–water partition coefficient (Wildman–Crippen LogP) is 3.47. The third kappa shape index (κ3) is 2.82. The second kappa shape index (κ2) is 6.07. The van der Waals surface area contributed by atoms with Crippen molar-refractivity contribution >= 4 is 33.5 Å². The van der Waals surface area contributed by atoms with Gasteiger partial charge >= 0.3 is 5.63 Å². The van der Waals surface area contributed by atoms with Crippen LogP contribution in [-0.4, -0.2) is 16.0 Å². The van der Waals surface area contributed by atoms with Crippen molar-refractivity contribution in [2.45, 2.75) is 13.3 Å². The molecular formula is C20H16N2O4. The van der Waals surface area contributed by atoms with Crippen LogP contribution in [0.25, 0.3) is 21.9 Å². The van der Waals surface area contributed by atoms with E-state index in [1.165, 1.54) is 12.1 Å². The van der Waals surface area contributed by atoms with Crippen LogP contribution < -0.4 is 10.9 Å². The molecule has 0 atom stereocenters. The van der Waals surface area contributed by atoms with Gasteiger partial charge in [0.15, 0.2) is 0 Å². The summed E-state index contributed by atoms with van der Waals surface area (Å²) in [4.78, 5) is 27.8. The Morgan fingerprint density at radius 3 is 2.88 bits per heavy atom. The average molecular weight is 348 g/mol. The first-order valence-corrected chi connectivity index (χ1v) is 8.13. The lowest BCUT2D eigenvalue weighted by Crippen LogP contribution is -2.20. The molecule has 0 saturated heterocycles. The van der Waals surface area contributed by atoms with Crippen LogP contribution in [0.5, 0.6) is 5.75 Å². The second-order valence-electron chi connectivity index (χ2n) is 6.18. The number of H-pyrrole nitrogens is 1. The van der Waals surface area contributed by atoms with Crippen molar-refractivity contribution in [3.05, 3.63) is 70.2 Å². The summed E-state index contributed by atoms with van der Waals surface area (Å²) in [6.07, 6.45) is 1.74. The number of benzene rings is 2. The van der Waals surface area contributed by atoms with Gasteiger partial charge < -0.3 is 19.8 Å². The molecule has 3 N–H and O–H groups in total. The van der Waals surface area contributed by atoms with E-state index in [1.807, 2.05) is 24.4 Å². The third-order valence-corrected chi connectivity index (χ3v) is 4.45. The summed E-state index contributed by atoms with van der Waals surface area (Å²) in [5, 5.41) is 14.0. The molecule has 2 aromatic carbocycles. The van der Waals surface area contributed by atoms with E-state index in [-0.39, 0.29) is 18.1 Å². The number of hydrogen-bond acceptors (Lipinski definition) is 4. The minimum atomic E-state index is -0.572. The van der Waals surface area contributed by atoms with Crippen LogP contribution in [0.15, 0.2) is 57.9 Å². The number of aromatic nitrogens is 1. The van der Waals surface area contributed by atoms with Gasteiger partial charge in [0.1, 0.15) is 11.3 Å². The molecule has 0 aliphatic rings. The number of rotatable bonds is 3. The second-order valence-corrected chi connectivity index (χ2v) is 6.18. The maximum Gasteiger partial charge on any atom is 0.340 e. The standard InChI is InChI=1S/C20H16N2O4/c1-11-15-4-3-14(23)9-18(15)26-20(25)16(11)10-19(24)22-13-2-5-17-12(8-13)6-7-21-17/h2-9,21,23H,10H2,1H3,(H,22,24). The molecule has 0 bridgehead atoms. The molecule has 0 spiro atoms. The maximum atomic E-state index is 12.4. The number of aryl methyl sites for hydroxylation is 1. The Bertz CT molecular complexity index is 1200. The fraction of sp³-hybridized carbons (Fsp3) is 0.100. The molecule has 0 aliphatic heterocycles. The Balaban J connectivity index is 1.62. The summed E-state index contributed by atoms with van der Waals surface area (Å²) in [7, 11) is 0. The van der Waals surface area contributed by atoms with Crippen molar-refractivity contribution in [1.29, 1.82) is 0 Å². The van der Waals surface area contributed by atoms with E-state index in [0.717, 1.165) is 10.9 Å². The highest BCUT2D eigenvalue weighted by Crippen LogP contribution is 2.24. The monoisotopic (exact) mass is 348 g/mol. The van der Waals surface area contributed by atoms with Crippen LogP contribution >= 0.6 is 0 Å². The number of amides is 1. The highest BCUT2D eigenvalue weighted by atomic mass is 16.4. The van der Waals surface area contributed by atoms with Gasteiger partial charge in [-0.3, -0.25) is 4.79 Å². The van der Waals surface area contributed by atoms with Crippen LogP contribution in [0.4, 0.5) is 5.69 Å². The van der Waals surface area contributed by atoms with Gasteiger partial charge in [-0.25, -0.2) is 4.79 Å². The lowest BCUT2D eigenvalue weighted by atomic mass is 10.0. The molecule has 6 nitrogen and oxygen atoms in total. The topological polar surface area (TPSA) is 95.3 Å². The largest absolute Gasteiger partial charge is 0.508 e. The summed E-state index contributed by atoms with van der Waals surface area (Å²) in [6.45, 7) is 1.77. The minimum absolute atomic E-state index is 0.0192. The highest BCUT2D eigenvalue weighted by Gasteiger charge is 2.15. The number of aromatic amines is 1. The lowest BCUT2D eigenvalue weighted by molar-refractivity contribution is -0.115. The molecule has 4 rings (SSSR count). The van der Waals surface area contributed by atoms with Gasteiger partial charge in [0.25, 0.3) is 0 Å². The molecule has 0 fully saturated rings. The Labute approximate surface area is 148 Å². The average Bonchev–Trinajstić information content (AvgIpc) is 3.06. The minimum Gasteiger partial charge on any atom is -0.508 e. The normalized spacial score (nSPS) is 11.1. The van der Waals surface area contributed by atoms with Gasteiger partial charge in [-0.1, -0.05) is 0 Å². The first-order chi connectivity index (χ1) is 12.5. The van der Waals surface area contributed by atoms with E-state index in [1.54, 1.807) is 19.1 Å². The highest BCUT2D eigenvalue weighted by molar-refractivity contribution is 5.95. The molecule has 0 aliphatic carbocycles. The maximum absolute atomic E-state index is 12.4. The number of phenols is 1. The van der Waals surface area contributed by atoms with E-state index in [2.05, 4.69) is 10.3 Å². The van der Waals surface area contributed by atoms with Gasteiger partial charge in [-0.15, -0.1) is 0 Å². The van der Waals surface area contributed by atoms with Crippen molar-refractivity contribution in [2.24, 2.45) is 0 Å². The van der Waals surface area contributed by atoms with Gasteiger partial charge in [0.2, 0.25) is 5.91 Å². The van der Waals surface area contributed by atoms with Crippen molar-refractivity contribution in [3.63, 3.8) is 0 Å². The third-order valence-electron chi connectivity index (χ3n) is 4.45. The molecule has 1 amide bonds. The fourth-order valence-electron chi connectivity index (χ4n) is 3.08. The smallest absolute Gasteiger partial charge is 0.340 e. The summed E-state index contributed by atoms with van der Waals surface area (Å²) < 4.78 is 5.25. The van der Waals surface area contributed by atoms with Gasteiger partial charge in [0, 0.05) is 34.2 Å². The zero-order valence-electron chi connectivity index (χ0n) is 14.0. The Morgan fingerprint density at radius 2 is 2.04 bits per heavy atom. The lowest BCUT2D eigenvalue weighted by Gasteiger charge is -2.09. The Morgan fingerprint density at radius 1 is 1.19 bits per heavy atom. The van der Waals surface area contributed by atoms with Crippen molar-refractivity contribution < 1.29 is 14.3 Å². The van der Waals surface area contributed by atoms with Gasteiger partial charge in [-0.05, 0) is 48.9 Å². The molecule has 0 radical (unpaired) electrons. The number of carbonyl (C=O) groups excluding carboxylic acids is 1. The van der Waals surface area contributed by atoms with Crippen LogP contribution in [0.1, 0.15) is 11.1 Å². The quantitative estimate of drug-likeness (QED) is 0.494. The molecule has 2 heterocycles. The summed E-state index contributed by atoms with van der Waals surface area (Å²) in [5.74, 6) is -0.279. The van der Waals surface area contributed by atoms with Gasteiger partial charge in [0.05, 0.1) is 12.0 Å². The first kappa shape index (κ1) is 16.0. The molecule has 2 aromatic heterocycles. The number of nitrogens with one attached hydrogen (secondary N) is 2. The van der Waals surface area contributed by atoms with Crippen molar-refractivity contribution in [1.82, 2.24) is 4.98 Å². The SMILES string of the molecule is Cc1c(CC(=O)Nc2ccc3[nH]ccc3c2)c(=O)oc2cc(O)ccc12. The van der Waals surface area contributed by atoms with Crippen LogP contribution in [0.3, 0.4) is 0 Å². The van der Waals surface area contributed by atoms with E-state index < -0.39 is 5.63 Å². The number of fused-ring (bicyclic) bond motifs is 2. The molecule has 4 aromatic rings. The van der Waals surface area contributed by atoms with E-state index in [9.17, 15) is 14.7 Å². The fourth-order valence-corrected chi connectivity index (χ4v) is 3.08. The number of phenolic OH excluding ortho intramolecular Hbond substituents is 1. The molecule has 130 valence electrons. The zero-order chi connectivity index (χ0) is 18.3. The molecule has 0 saturated carbocycles. The van der Waals surface area contributed by atoms with E-state index >= 15 is 0 Å². The Kier molecular flexibility index (Phi) is 3.73. The summed E-state index contributed by atoms with van der Waals surface area (Å²) in [6, 6.07) is 12.0. The predicted molar refractivity (Wildman–Crippen MR) is 99.5 cm³/mol. The number of hydrogen-bond donors (Lipinski definition) is 3. The molecular weight excluding hydrogens is 332 g/mol. The van der Waals surface area contributed by atoms with E-state index in [4.69, 9.17) is 4.42 Å². The van der Waals surface area contributed by atoms with Crippen molar-refractivity contribution in [3.8, 4) is 5.75 Å². The van der Waals surface area contributed by atoms with Crippen LogP contribution in [0.2, 0.25) is 0 Å². The van der Waals surface area contributed by atoms with Crippen molar-refractivity contribution in [2.75, 3.05) is 5.32 Å². The summed E-state index contributed by atoms with van der Waals surface area (Å²) >= 11 is 0.